The van der Waals surface area contributed by atoms with Crippen molar-refractivity contribution in [2.75, 3.05) is 38.5 Å². The normalized spacial score (nSPS) is 33.9. The molecular weight excluding hydrogens is 258 g/mol. The predicted molar refractivity (Wildman–Crippen MR) is 87.8 cm³/mol. The second kappa shape index (κ2) is 5.62. The molecule has 3 aliphatic heterocycles. The Bertz CT molecular complexity index is 501. The Morgan fingerprint density at radius 3 is 3.00 bits per heavy atom. The van der Waals surface area contributed by atoms with Crippen LogP contribution in [0.5, 0.6) is 0 Å². The monoisotopic (exact) mass is 285 g/mol. The van der Waals surface area contributed by atoms with Gasteiger partial charge in [0.1, 0.15) is 0 Å². The molecule has 3 heterocycles. The van der Waals surface area contributed by atoms with Crippen molar-refractivity contribution >= 4 is 5.69 Å². The van der Waals surface area contributed by atoms with E-state index in [9.17, 15) is 0 Å². The Balaban J connectivity index is 1.44. The minimum absolute atomic E-state index is 0.688. The Morgan fingerprint density at radius 1 is 1.14 bits per heavy atom. The van der Waals surface area contributed by atoms with Gasteiger partial charge in [0.15, 0.2) is 0 Å². The quantitative estimate of drug-likeness (QED) is 0.855. The number of para-hydroxylation sites is 1. The molecule has 0 amide bonds. The van der Waals surface area contributed by atoms with E-state index in [-0.39, 0.29) is 0 Å². The van der Waals surface area contributed by atoms with E-state index in [0.29, 0.717) is 6.04 Å². The van der Waals surface area contributed by atoms with Crippen LogP contribution in [0.1, 0.15) is 24.8 Å². The third kappa shape index (κ3) is 2.58. The average molecular weight is 285 g/mol. The molecule has 1 N–H and O–H groups in total. The van der Waals surface area contributed by atoms with Crippen molar-refractivity contribution in [3.05, 3.63) is 29.8 Å². The number of likely N-dealkylation sites (tertiary alicyclic amines) is 2. The van der Waals surface area contributed by atoms with Crippen molar-refractivity contribution in [1.82, 2.24) is 9.80 Å². The number of hydrogen-bond donors (Lipinski definition) is 1. The first kappa shape index (κ1) is 13.6. The third-order valence-electron chi connectivity index (χ3n) is 5.89. The second-order valence-corrected chi connectivity index (χ2v) is 7.13. The van der Waals surface area contributed by atoms with Crippen LogP contribution in [0, 0.1) is 5.92 Å². The highest BCUT2D eigenvalue weighted by atomic mass is 15.2. The molecule has 0 aliphatic carbocycles. The Kier molecular flexibility index (Phi) is 3.64. The van der Waals surface area contributed by atoms with Gasteiger partial charge in [-0.25, -0.2) is 0 Å². The molecule has 2 fully saturated rings. The summed E-state index contributed by atoms with van der Waals surface area (Å²) in [6, 6.07) is 10.3. The lowest BCUT2D eigenvalue weighted by Crippen LogP contribution is -2.56. The molecule has 3 heteroatoms. The van der Waals surface area contributed by atoms with Crippen LogP contribution in [-0.4, -0.2) is 55.1 Å². The van der Waals surface area contributed by atoms with Gasteiger partial charge in [0.2, 0.25) is 0 Å². The zero-order valence-electron chi connectivity index (χ0n) is 13.1. The summed E-state index contributed by atoms with van der Waals surface area (Å²) in [5, 5.41) is 3.64. The molecule has 4 rings (SSSR count). The zero-order chi connectivity index (χ0) is 14.2. The summed E-state index contributed by atoms with van der Waals surface area (Å²) >= 11 is 0. The van der Waals surface area contributed by atoms with Crippen LogP contribution in [0.3, 0.4) is 0 Å². The standard InChI is InChI=1S/C18H27N3/c1-20-9-4-6-15-13-21(10-8-18(15)20)16-11-14-5-2-3-7-17(14)19-12-16/h2-3,5,7,15-16,18-19H,4,6,8-13H2,1H3. The summed E-state index contributed by atoms with van der Waals surface area (Å²) in [7, 11) is 2.32. The maximum Gasteiger partial charge on any atom is 0.0373 e. The van der Waals surface area contributed by atoms with Crippen LogP contribution >= 0.6 is 0 Å². The Hall–Kier alpha value is -1.06. The lowest BCUT2D eigenvalue weighted by Gasteiger charge is -2.48. The second-order valence-electron chi connectivity index (χ2n) is 7.13. The van der Waals surface area contributed by atoms with Gasteiger partial charge < -0.3 is 10.2 Å². The summed E-state index contributed by atoms with van der Waals surface area (Å²) in [6.45, 7) is 5.01. The molecule has 0 radical (unpaired) electrons. The largest absolute Gasteiger partial charge is 0.383 e. The number of nitrogens with zero attached hydrogens (tertiary/aromatic N) is 2. The smallest absolute Gasteiger partial charge is 0.0373 e. The number of benzene rings is 1. The molecular formula is C18H27N3. The number of hydrogen-bond acceptors (Lipinski definition) is 3. The fourth-order valence-corrected chi connectivity index (χ4v) is 4.70. The van der Waals surface area contributed by atoms with Gasteiger partial charge in [-0.2, -0.15) is 0 Å². The molecule has 21 heavy (non-hydrogen) atoms. The summed E-state index contributed by atoms with van der Waals surface area (Å²) in [5.74, 6) is 0.898. The summed E-state index contributed by atoms with van der Waals surface area (Å²) in [6.07, 6.45) is 5.40. The number of piperidine rings is 2. The highest BCUT2D eigenvalue weighted by Gasteiger charge is 2.36. The molecule has 1 aromatic rings. The van der Waals surface area contributed by atoms with Crippen molar-refractivity contribution in [1.29, 1.82) is 0 Å². The van der Waals surface area contributed by atoms with Crippen molar-refractivity contribution in [3.8, 4) is 0 Å². The maximum absolute atomic E-state index is 3.64. The zero-order valence-corrected chi connectivity index (χ0v) is 13.1. The van der Waals surface area contributed by atoms with Gasteiger partial charge in [0, 0.05) is 37.4 Å². The van der Waals surface area contributed by atoms with E-state index < -0.39 is 0 Å². The van der Waals surface area contributed by atoms with Crippen LogP contribution < -0.4 is 5.32 Å². The van der Waals surface area contributed by atoms with Crippen LogP contribution in [0.4, 0.5) is 5.69 Å². The molecule has 1 aromatic carbocycles. The van der Waals surface area contributed by atoms with Crippen molar-refractivity contribution < 1.29 is 0 Å². The molecule has 3 aliphatic rings. The van der Waals surface area contributed by atoms with Gasteiger partial charge in [-0.1, -0.05) is 18.2 Å². The van der Waals surface area contributed by atoms with E-state index >= 15 is 0 Å². The number of rotatable bonds is 1. The Labute approximate surface area is 128 Å². The third-order valence-corrected chi connectivity index (χ3v) is 5.89. The fraction of sp³-hybridized carbons (Fsp3) is 0.667. The van der Waals surface area contributed by atoms with Crippen LogP contribution in [-0.2, 0) is 6.42 Å². The highest BCUT2D eigenvalue weighted by molar-refractivity contribution is 5.53. The van der Waals surface area contributed by atoms with Crippen molar-refractivity contribution in [2.24, 2.45) is 5.92 Å². The molecule has 3 nitrogen and oxygen atoms in total. The van der Waals surface area contributed by atoms with Crippen molar-refractivity contribution in [3.63, 3.8) is 0 Å². The lowest BCUT2D eigenvalue weighted by molar-refractivity contribution is 0.0218. The number of fused-ring (bicyclic) bond motifs is 2. The van der Waals surface area contributed by atoms with E-state index in [0.717, 1.165) is 18.5 Å². The topological polar surface area (TPSA) is 18.5 Å². The fourth-order valence-electron chi connectivity index (χ4n) is 4.70. The molecule has 3 atom stereocenters. The van der Waals surface area contributed by atoms with E-state index in [2.05, 4.69) is 46.4 Å². The van der Waals surface area contributed by atoms with Gasteiger partial charge in [0.05, 0.1) is 0 Å². The van der Waals surface area contributed by atoms with Crippen LogP contribution in [0.25, 0.3) is 0 Å². The van der Waals surface area contributed by atoms with Crippen LogP contribution in [0.15, 0.2) is 24.3 Å². The van der Waals surface area contributed by atoms with Gasteiger partial charge >= 0.3 is 0 Å². The van der Waals surface area contributed by atoms with E-state index in [1.54, 1.807) is 0 Å². The molecule has 114 valence electrons. The first-order valence-electron chi connectivity index (χ1n) is 8.57. The van der Waals surface area contributed by atoms with Crippen LogP contribution in [0.2, 0.25) is 0 Å². The van der Waals surface area contributed by atoms with Crippen molar-refractivity contribution in [2.45, 2.75) is 37.8 Å². The lowest BCUT2D eigenvalue weighted by atomic mass is 9.83. The Morgan fingerprint density at radius 2 is 2.05 bits per heavy atom. The average Bonchev–Trinajstić information content (AvgIpc) is 2.54. The van der Waals surface area contributed by atoms with E-state index in [1.165, 1.54) is 56.6 Å². The minimum Gasteiger partial charge on any atom is -0.383 e. The molecule has 3 unspecified atom stereocenters. The first-order chi connectivity index (χ1) is 10.3. The molecule has 2 saturated heterocycles. The molecule has 0 aromatic heterocycles. The SMILES string of the molecule is CN1CCCC2CN(C3CNc4ccccc4C3)CCC21. The number of anilines is 1. The molecule has 0 spiro atoms. The molecule has 0 bridgehead atoms. The summed E-state index contributed by atoms with van der Waals surface area (Å²) in [4.78, 5) is 5.38. The minimum atomic E-state index is 0.688. The first-order valence-corrected chi connectivity index (χ1v) is 8.57. The van der Waals surface area contributed by atoms with Gasteiger partial charge in [-0.15, -0.1) is 0 Å². The maximum atomic E-state index is 3.64. The summed E-state index contributed by atoms with van der Waals surface area (Å²) in [5.41, 5.74) is 2.85. The van der Waals surface area contributed by atoms with Gasteiger partial charge in [-0.3, -0.25) is 4.90 Å². The summed E-state index contributed by atoms with van der Waals surface area (Å²) < 4.78 is 0. The van der Waals surface area contributed by atoms with Gasteiger partial charge in [0.25, 0.3) is 0 Å². The van der Waals surface area contributed by atoms with Gasteiger partial charge in [-0.05, 0) is 56.8 Å². The molecule has 0 saturated carbocycles. The predicted octanol–water partition coefficient (Wildman–Crippen LogP) is 2.44. The van der Waals surface area contributed by atoms with E-state index in [4.69, 9.17) is 0 Å². The highest BCUT2D eigenvalue weighted by Crippen LogP contribution is 2.32. The number of nitrogens with one attached hydrogen (secondary N) is 1. The van der Waals surface area contributed by atoms with E-state index in [1.807, 2.05) is 0 Å².